The summed E-state index contributed by atoms with van der Waals surface area (Å²) < 4.78 is 0. The Morgan fingerprint density at radius 2 is 1.91 bits per heavy atom. The molecule has 0 radical (unpaired) electrons. The van der Waals surface area contributed by atoms with Gasteiger partial charge in [-0.1, -0.05) is 12.1 Å². The minimum atomic E-state index is 0.622. The van der Waals surface area contributed by atoms with Gasteiger partial charge in [-0.25, -0.2) is 0 Å². The van der Waals surface area contributed by atoms with Gasteiger partial charge in [-0.15, -0.1) is 0 Å². The Bertz CT molecular complexity index is 238. The Morgan fingerprint density at radius 3 is 2.45 bits per heavy atom. The highest BCUT2D eigenvalue weighted by atomic mass is 14.8. The van der Waals surface area contributed by atoms with Crippen LogP contribution in [0.5, 0.6) is 0 Å². The monoisotopic (exact) mass is 149 g/mol. The molecule has 0 amide bonds. The van der Waals surface area contributed by atoms with Gasteiger partial charge in [0.1, 0.15) is 0 Å². The molecular weight excluding hydrogens is 138 g/mol. The SMILES string of the molecule is NC=NCc1ccc(N)cc1. The van der Waals surface area contributed by atoms with Gasteiger partial charge in [0.25, 0.3) is 0 Å². The van der Waals surface area contributed by atoms with Crippen molar-refractivity contribution in [2.24, 2.45) is 10.7 Å². The van der Waals surface area contributed by atoms with Gasteiger partial charge in [-0.3, -0.25) is 4.99 Å². The standard InChI is InChI=1S/C8H11N3/c9-6-11-5-7-1-3-8(10)4-2-7/h1-4,6H,5,10H2,(H2,9,11). The molecule has 3 nitrogen and oxygen atoms in total. The second-order valence-electron chi connectivity index (χ2n) is 2.23. The zero-order valence-corrected chi connectivity index (χ0v) is 6.20. The number of nitrogen functional groups attached to an aromatic ring is 1. The van der Waals surface area contributed by atoms with E-state index in [-0.39, 0.29) is 0 Å². The Hall–Kier alpha value is -1.51. The number of aliphatic imine (C=N–C) groups is 1. The van der Waals surface area contributed by atoms with E-state index in [2.05, 4.69) is 4.99 Å². The zero-order valence-electron chi connectivity index (χ0n) is 6.20. The van der Waals surface area contributed by atoms with Crippen molar-refractivity contribution in [1.29, 1.82) is 0 Å². The van der Waals surface area contributed by atoms with Crippen LogP contribution < -0.4 is 11.5 Å². The molecule has 11 heavy (non-hydrogen) atoms. The van der Waals surface area contributed by atoms with Crippen LogP contribution in [-0.4, -0.2) is 6.34 Å². The highest BCUT2D eigenvalue weighted by Gasteiger charge is 1.88. The predicted molar refractivity (Wildman–Crippen MR) is 47.2 cm³/mol. The van der Waals surface area contributed by atoms with Crippen molar-refractivity contribution in [3.8, 4) is 0 Å². The molecule has 0 saturated heterocycles. The molecule has 0 unspecified atom stereocenters. The molecule has 0 spiro atoms. The Morgan fingerprint density at radius 1 is 1.27 bits per heavy atom. The number of nitrogens with zero attached hydrogens (tertiary/aromatic N) is 1. The van der Waals surface area contributed by atoms with Gasteiger partial charge in [0.05, 0.1) is 12.9 Å². The molecule has 0 aliphatic carbocycles. The van der Waals surface area contributed by atoms with E-state index in [0.29, 0.717) is 6.54 Å². The summed E-state index contributed by atoms with van der Waals surface area (Å²) in [5.41, 5.74) is 12.5. The van der Waals surface area contributed by atoms with Gasteiger partial charge in [0.15, 0.2) is 0 Å². The van der Waals surface area contributed by atoms with Crippen LogP contribution >= 0.6 is 0 Å². The maximum atomic E-state index is 5.49. The van der Waals surface area contributed by atoms with Gasteiger partial charge in [-0.2, -0.15) is 0 Å². The van der Waals surface area contributed by atoms with Gasteiger partial charge >= 0.3 is 0 Å². The number of anilines is 1. The highest BCUT2D eigenvalue weighted by Crippen LogP contribution is 2.05. The number of hydrogen-bond acceptors (Lipinski definition) is 2. The van der Waals surface area contributed by atoms with Gasteiger partial charge in [-0.05, 0) is 17.7 Å². The maximum Gasteiger partial charge on any atom is 0.0801 e. The molecule has 0 heterocycles. The Kier molecular flexibility index (Phi) is 2.49. The van der Waals surface area contributed by atoms with Crippen LogP contribution in [0.15, 0.2) is 29.3 Å². The van der Waals surface area contributed by atoms with Crippen LogP contribution in [0.25, 0.3) is 0 Å². The minimum Gasteiger partial charge on any atom is -0.399 e. The molecule has 0 atom stereocenters. The average Bonchev–Trinajstić information content (AvgIpc) is 2.04. The Balaban J connectivity index is 2.66. The molecule has 58 valence electrons. The maximum absolute atomic E-state index is 5.49. The summed E-state index contributed by atoms with van der Waals surface area (Å²) >= 11 is 0. The van der Waals surface area contributed by atoms with E-state index in [0.717, 1.165) is 11.3 Å². The second-order valence-corrected chi connectivity index (χ2v) is 2.23. The third-order valence-electron chi connectivity index (χ3n) is 1.36. The minimum absolute atomic E-state index is 0.622. The molecule has 1 aromatic carbocycles. The molecule has 0 aliphatic heterocycles. The van der Waals surface area contributed by atoms with Crippen molar-refractivity contribution in [3.05, 3.63) is 29.8 Å². The summed E-state index contributed by atoms with van der Waals surface area (Å²) in [5.74, 6) is 0. The fourth-order valence-corrected chi connectivity index (χ4v) is 0.781. The molecule has 0 aliphatic rings. The smallest absolute Gasteiger partial charge is 0.0801 e. The number of hydrogen-bond donors (Lipinski definition) is 2. The number of benzene rings is 1. The van der Waals surface area contributed by atoms with E-state index in [4.69, 9.17) is 11.5 Å². The molecule has 0 bridgehead atoms. The first kappa shape index (κ1) is 7.60. The summed E-state index contributed by atoms with van der Waals surface area (Å²) in [6, 6.07) is 7.56. The fraction of sp³-hybridized carbons (Fsp3) is 0.125. The lowest BCUT2D eigenvalue weighted by atomic mass is 10.2. The summed E-state index contributed by atoms with van der Waals surface area (Å²) in [7, 11) is 0. The largest absolute Gasteiger partial charge is 0.399 e. The first-order valence-corrected chi connectivity index (χ1v) is 3.37. The molecular formula is C8H11N3. The average molecular weight is 149 g/mol. The summed E-state index contributed by atoms with van der Waals surface area (Å²) in [4.78, 5) is 3.88. The Labute approximate surface area is 65.7 Å². The fourth-order valence-electron chi connectivity index (χ4n) is 0.781. The van der Waals surface area contributed by atoms with Crippen LogP contribution in [0.2, 0.25) is 0 Å². The lowest BCUT2D eigenvalue weighted by molar-refractivity contribution is 1.07. The molecule has 1 rings (SSSR count). The van der Waals surface area contributed by atoms with Crippen molar-refractivity contribution in [2.45, 2.75) is 6.54 Å². The predicted octanol–water partition coefficient (Wildman–Crippen LogP) is 0.756. The van der Waals surface area contributed by atoms with Crippen molar-refractivity contribution in [1.82, 2.24) is 0 Å². The second kappa shape index (κ2) is 3.61. The van der Waals surface area contributed by atoms with E-state index in [1.165, 1.54) is 6.34 Å². The zero-order chi connectivity index (χ0) is 8.10. The van der Waals surface area contributed by atoms with E-state index >= 15 is 0 Å². The van der Waals surface area contributed by atoms with Crippen molar-refractivity contribution in [2.75, 3.05) is 5.73 Å². The van der Waals surface area contributed by atoms with Gasteiger partial charge in [0, 0.05) is 5.69 Å². The van der Waals surface area contributed by atoms with Crippen LogP contribution in [0, 0.1) is 0 Å². The van der Waals surface area contributed by atoms with Crippen molar-refractivity contribution in [3.63, 3.8) is 0 Å². The van der Waals surface area contributed by atoms with E-state index in [9.17, 15) is 0 Å². The van der Waals surface area contributed by atoms with E-state index in [1.807, 2.05) is 24.3 Å². The molecule has 0 saturated carbocycles. The lowest BCUT2D eigenvalue weighted by Gasteiger charge is -1.95. The first-order valence-electron chi connectivity index (χ1n) is 3.37. The van der Waals surface area contributed by atoms with Crippen LogP contribution in [-0.2, 0) is 6.54 Å². The quantitative estimate of drug-likeness (QED) is 0.370. The molecule has 0 fully saturated rings. The summed E-state index contributed by atoms with van der Waals surface area (Å²) in [6.07, 6.45) is 1.30. The third kappa shape index (κ3) is 2.29. The number of nitrogens with two attached hydrogens (primary N) is 2. The molecule has 3 heteroatoms. The van der Waals surface area contributed by atoms with Crippen LogP contribution in [0.3, 0.4) is 0 Å². The number of rotatable bonds is 2. The topological polar surface area (TPSA) is 64.4 Å². The van der Waals surface area contributed by atoms with Gasteiger partial charge in [0.2, 0.25) is 0 Å². The van der Waals surface area contributed by atoms with Crippen LogP contribution in [0.4, 0.5) is 5.69 Å². The highest BCUT2D eigenvalue weighted by molar-refractivity contribution is 5.51. The van der Waals surface area contributed by atoms with Crippen LogP contribution in [0.1, 0.15) is 5.56 Å². The first-order chi connectivity index (χ1) is 5.33. The van der Waals surface area contributed by atoms with E-state index in [1.54, 1.807) is 0 Å². The summed E-state index contributed by atoms with van der Waals surface area (Å²) in [6.45, 7) is 0.622. The van der Waals surface area contributed by atoms with E-state index < -0.39 is 0 Å². The van der Waals surface area contributed by atoms with Crippen molar-refractivity contribution < 1.29 is 0 Å². The summed E-state index contributed by atoms with van der Waals surface area (Å²) in [5, 5.41) is 0. The lowest BCUT2D eigenvalue weighted by Crippen LogP contribution is -1.90. The van der Waals surface area contributed by atoms with Gasteiger partial charge < -0.3 is 11.5 Å². The third-order valence-corrected chi connectivity index (χ3v) is 1.36. The molecule has 4 N–H and O–H groups in total. The normalized spacial score (nSPS) is 10.5. The van der Waals surface area contributed by atoms with Crippen molar-refractivity contribution >= 4 is 12.0 Å². The molecule has 1 aromatic rings. The molecule has 0 aromatic heterocycles.